The van der Waals surface area contributed by atoms with Crippen LogP contribution in [-0.4, -0.2) is 72.6 Å². The molecule has 0 bridgehead atoms. The van der Waals surface area contributed by atoms with E-state index in [0.29, 0.717) is 12.2 Å². The van der Waals surface area contributed by atoms with Crippen LogP contribution in [0.25, 0.3) is 0 Å². The van der Waals surface area contributed by atoms with Gasteiger partial charge in [-0.25, -0.2) is 15.4 Å². The van der Waals surface area contributed by atoms with E-state index in [1.54, 1.807) is 12.1 Å². The molecule has 14 nitrogen and oxygen atoms in total. The molecule has 2 rings (SSSR count). The van der Waals surface area contributed by atoms with Gasteiger partial charge in [0.1, 0.15) is 18.5 Å². The van der Waals surface area contributed by atoms with Crippen molar-refractivity contribution in [2.45, 2.75) is 25.4 Å². The number of anilines is 2. The predicted molar refractivity (Wildman–Crippen MR) is 133 cm³/mol. The van der Waals surface area contributed by atoms with Crippen molar-refractivity contribution in [3.8, 4) is 5.75 Å². The van der Waals surface area contributed by atoms with Gasteiger partial charge in [0.15, 0.2) is 22.5 Å². The summed E-state index contributed by atoms with van der Waals surface area (Å²) in [5.41, 5.74) is 13.9. The Morgan fingerprint density at radius 2 is 1.89 bits per heavy atom. The lowest BCUT2D eigenvalue weighted by Gasteiger charge is -2.11. The molecule has 0 aliphatic heterocycles. The molecule has 1 aromatic carbocycles. The fraction of sp³-hybridized carbons (Fsp3) is 0.400. The Morgan fingerprint density at radius 1 is 1.19 bits per heavy atom. The third kappa shape index (κ3) is 10.2. The van der Waals surface area contributed by atoms with E-state index in [4.69, 9.17) is 32.9 Å². The molecule has 36 heavy (non-hydrogen) atoms. The first-order chi connectivity index (χ1) is 17.0. The number of benzene rings is 1. The Balaban J connectivity index is 1.92. The number of carbonyl (C=O) groups excluding carboxylic acids is 1. The van der Waals surface area contributed by atoms with Crippen molar-refractivity contribution in [3.05, 3.63) is 40.7 Å². The summed E-state index contributed by atoms with van der Waals surface area (Å²) in [6, 6.07) is 7.27. The first kappa shape index (κ1) is 29.0. The van der Waals surface area contributed by atoms with Crippen molar-refractivity contribution in [1.82, 2.24) is 20.8 Å². The molecule has 0 aliphatic carbocycles. The van der Waals surface area contributed by atoms with E-state index < -0.39 is 22.1 Å². The number of aryl methyl sites for hydroxylation is 1. The summed E-state index contributed by atoms with van der Waals surface area (Å²) in [5.74, 6) is -1.01. The highest BCUT2D eigenvalue weighted by Gasteiger charge is 2.18. The Bertz CT molecular complexity index is 1160. The molecule has 0 fully saturated rings. The summed E-state index contributed by atoms with van der Waals surface area (Å²) in [6.45, 7) is -0.159. The molecule has 8 N–H and O–H groups in total. The summed E-state index contributed by atoms with van der Waals surface area (Å²) in [4.78, 5) is 24.1. The van der Waals surface area contributed by atoms with Crippen LogP contribution in [0.15, 0.2) is 29.3 Å². The Labute approximate surface area is 212 Å². The third-order valence-electron chi connectivity index (χ3n) is 4.36. The average Bonchev–Trinajstić information content (AvgIpc) is 2.82. The Morgan fingerprint density at radius 3 is 2.53 bits per heavy atom. The van der Waals surface area contributed by atoms with Gasteiger partial charge < -0.3 is 26.4 Å². The molecule has 2 aromatic rings. The van der Waals surface area contributed by atoms with E-state index in [0.717, 1.165) is 24.7 Å². The summed E-state index contributed by atoms with van der Waals surface area (Å²) in [7, 11) is -3.90. The smallest absolute Gasteiger partial charge is 0.285 e. The molecular weight excluding hydrogens is 518 g/mol. The van der Waals surface area contributed by atoms with E-state index in [2.05, 4.69) is 30.0 Å². The number of amides is 1. The Hall–Kier alpha value is -3.24. The second-order valence-corrected chi connectivity index (χ2v) is 9.39. The average molecular weight is 546 g/mol. The molecule has 198 valence electrons. The second kappa shape index (κ2) is 13.7. The normalized spacial score (nSPS) is 12.7. The molecule has 16 heteroatoms. The van der Waals surface area contributed by atoms with Crippen molar-refractivity contribution in [2.24, 2.45) is 4.99 Å². The maximum Gasteiger partial charge on any atom is 0.285 e. The lowest BCUT2D eigenvalue weighted by molar-refractivity contribution is 0.0536. The van der Waals surface area contributed by atoms with Crippen LogP contribution in [0.5, 0.6) is 5.75 Å². The third-order valence-corrected chi connectivity index (χ3v) is 5.03. The van der Waals surface area contributed by atoms with E-state index in [-0.39, 0.29) is 48.2 Å². The number of guanidine groups is 1. The molecule has 0 saturated heterocycles. The van der Waals surface area contributed by atoms with Gasteiger partial charge in [-0.1, -0.05) is 23.7 Å². The second-order valence-electron chi connectivity index (χ2n) is 7.46. The fourth-order valence-corrected chi connectivity index (χ4v) is 2.97. The minimum absolute atomic E-state index is 0.00562. The fourth-order valence-electron chi connectivity index (χ4n) is 2.62. The standard InChI is InChI=1S/C20H28ClN7O7S/c1-36(32,33)35-28-20(27-19(31)15-17(22)26-18(23)16(21)25-15)24-9-3-2-4-12-5-7-14(8-6-12)34-11-13(30)10-29/h5-8,13,29-30H,2-4,9-11H2,1H3,(H4,22,23,26)(H2,24,27,28,31). The zero-order valence-electron chi connectivity index (χ0n) is 19.3. The minimum Gasteiger partial charge on any atom is -0.491 e. The molecule has 0 spiro atoms. The van der Waals surface area contributed by atoms with E-state index in [1.165, 1.54) is 0 Å². The van der Waals surface area contributed by atoms with Crippen LogP contribution in [-0.2, 0) is 20.8 Å². The van der Waals surface area contributed by atoms with Gasteiger partial charge in [-0.05, 0) is 37.0 Å². The number of aliphatic imine (C=N–C) groups is 1. The number of nitrogen functional groups attached to an aromatic ring is 2. The van der Waals surface area contributed by atoms with Crippen LogP contribution >= 0.6 is 11.6 Å². The number of aliphatic hydroxyl groups excluding tert-OH is 2. The van der Waals surface area contributed by atoms with Crippen molar-refractivity contribution >= 4 is 45.2 Å². The van der Waals surface area contributed by atoms with Crippen molar-refractivity contribution in [3.63, 3.8) is 0 Å². The zero-order valence-corrected chi connectivity index (χ0v) is 20.9. The number of unbranched alkanes of at least 4 members (excludes halogenated alkanes) is 1. The Kier molecular flexibility index (Phi) is 11.1. The number of hydroxylamine groups is 1. The molecule has 0 radical (unpaired) electrons. The van der Waals surface area contributed by atoms with Gasteiger partial charge in [-0.3, -0.25) is 15.1 Å². The maximum absolute atomic E-state index is 12.5. The number of nitrogens with zero attached hydrogens (tertiary/aromatic N) is 3. The number of hydrogen-bond acceptors (Lipinski definition) is 12. The quantitative estimate of drug-likeness (QED) is 0.0868. The monoisotopic (exact) mass is 545 g/mol. The van der Waals surface area contributed by atoms with Crippen LogP contribution in [0.4, 0.5) is 11.6 Å². The molecule has 0 aliphatic rings. The van der Waals surface area contributed by atoms with Crippen LogP contribution in [0.1, 0.15) is 28.9 Å². The SMILES string of the molecule is CS(=O)(=O)ONC(=NCCCCc1ccc(OCC(O)CO)cc1)NC(=O)c1nc(Cl)c(N)nc1N. The number of aliphatic hydroxyl groups is 2. The van der Waals surface area contributed by atoms with Crippen molar-refractivity contribution in [2.75, 3.05) is 37.5 Å². The molecule has 1 heterocycles. The molecular formula is C20H28ClN7O7S. The zero-order chi connectivity index (χ0) is 26.7. The lowest BCUT2D eigenvalue weighted by atomic mass is 10.1. The molecule has 1 amide bonds. The van der Waals surface area contributed by atoms with Gasteiger partial charge >= 0.3 is 0 Å². The van der Waals surface area contributed by atoms with Gasteiger partial charge in [0.25, 0.3) is 16.0 Å². The number of rotatable bonds is 12. The minimum atomic E-state index is -3.90. The predicted octanol–water partition coefficient (Wildman–Crippen LogP) is -0.384. The lowest BCUT2D eigenvalue weighted by Crippen LogP contribution is -2.42. The topological polar surface area (TPSA) is 224 Å². The van der Waals surface area contributed by atoms with E-state index in [9.17, 15) is 18.3 Å². The van der Waals surface area contributed by atoms with Gasteiger partial charge in [0, 0.05) is 6.54 Å². The summed E-state index contributed by atoms with van der Waals surface area (Å²) < 4.78 is 32.5. The highest BCUT2D eigenvalue weighted by Crippen LogP contribution is 2.17. The molecule has 0 saturated carbocycles. The molecule has 1 aromatic heterocycles. The molecule has 1 atom stereocenters. The first-order valence-electron chi connectivity index (χ1n) is 10.6. The number of nitrogens with two attached hydrogens (primary N) is 2. The number of ether oxygens (including phenoxy) is 1. The van der Waals surface area contributed by atoms with Crippen LogP contribution in [0.2, 0.25) is 5.15 Å². The summed E-state index contributed by atoms with van der Waals surface area (Å²) in [5, 5.41) is 20.2. The number of hydrogen-bond donors (Lipinski definition) is 6. The van der Waals surface area contributed by atoms with Crippen molar-refractivity contribution < 1.29 is 32.4 Å². The van der Waals surface area contributed by atoms with E-state index in [1.807, 2.05) is 12.1 Å². The highest BCUT2D eigenvalue weighted by molar-refractivity contribution is 7.85. The van der Waals surface area contributed by atoms with Gasteiger partial charge in [0.2, 0.25) is 5.96 Å². The largest absolute Gasteiger partial charge is 0.491 e. The summed E-state index contributed by atoms with van der Waals surface area (Å²) >= 11 is 5.79. The first-order valence-corrected chi connectivity index (χ1v) is 12.8. The van der Waals surface area contributed by atoms with Crippen LogP contribution in [0, 0.1) is 0 Å². The summed E-state index contributed by atoms with van der Waals surface area (Å²) in [6.07, 6.45) is 1.92. The highest BCUT2D eigenvalue weighted by atomic mass is 35.5. The van der Waals surface area contributed by atoms with Crippen LogP contribution in [0.3, 0.4) is 0 Å². The number of nitrogens with one attached hydrogen (secondary N) is 2. The maximum atomic E-state index is 12.5. The van der Waals surface area contributed by atoms with E-state index >= 15 is 0 Å². The van der Waals surface area contributed by atoms with Gasteiger partial charge in [-0.15, -0.1) is 4.28 Å². The van der Waals surface area contributed by atoms with Crippen molar-refractivity contribution in [1.29, 1.82) is 0 Å². The van der Waals surface area contributed by atoms with Crippen LogP contribution < -0.4 is 27.0 Å². The molecule has 1 unspecified atom stereocenters. The number of carbonyl (C=O) groups is 1. The van der Waals surface area contributed by atoms with Gasteiger partial charge in [0.05, 0.1) is 12.9 Å². The number of halogens is 1. The van der Waals surface area contributed by atoms with Gasteiger partial charge in [-0.2, -0.15) is 8.42 Å². The number of aromatic nitrogens is 2.